The number of nitrogens with zero attached hydrogens (tertiary/aromatic N) is 1. The van der Waals surface area contributed by atoms with E-state index in [0.717, 1.165) is 0 Å². The molecule has 0 aliphatic rings. The molecule has 1 nitrogen and oxygen atoms in total. The van der Waals surface area contributed by atoms with Crippen LogP contribution in [0.4, 0.5) is 0 Å². The fraction of sp³-hybridized carbons (Fsp3) is 0.583. The molecular weight excluding hydrogens is 190 g/mol. The van der Waals surface area contributed by atoms with Crippen LogP contribution in [0.15, 0.2) is 23.2 Å². The Morgan fingerprint density at radius 3 is 2.57 bits per heavy atom. The summed E-state index contributed by atoms with van der Waals surface area (Å²) in [5.74, 6) is 0.649. The highest BCUT2D eigenvalue weighted by atomic mass is 32.2. The van der Waals surface area contributed by atoms with Crippen molar-refractivity contribution in [1.82, 2.24) is 4.98 Å². The Balaban J connectivity index is 2.73. The summed E-state index contributed by atoms with van der Waals surface area (Å²) in [4.78, 5) is 5.77. The molecule has 1 aromatic heterocycles. The largest absolute Gasteiger partial charge is 0.260 e. The van der Waals surface area contributed by atoms with Crippen LogP contribution in [0.3, 0.4) is 0 Å². The minimum atomic E-state index is 0.649. The SMILES string of the molecule is CCCC(CC)c1ccc(SC)cn1. The number of hydrogen-bond acceptors (Lipinski definition) is 2. The molecular formula is C12H19NS. The normalized spacial score (nSPS) is 12.8. The summed E-state index contributed by atoms with van der Waals surface area (Å²) in [6.45, 7) is 4.48. The fourth-order valence-electron chi connectivity index (χ4n) is 1.66. The smallest absolute Gasteiger partial charge is 0.0435 e. The molecule has 0 aromatic carbocycles. The molecule has 0 radical (unpaired) electrons. The van der Waals surface area contributed by atoms with Gasteiger partial charge >= 0.3 is 0 Å². The lowest BCUT2D eigenvalue weighted by Crippen LogP contribution is -1.99. The zero-order valence-electron chi connectivity index (χ0n) is 9.29. The van der Waals surface area contributed by atoms with Crippen molar-refractivity contribution in [2.24, 2.45) is 0 Å². The van der Waals surface area contributed by atoms with E-state index in [-0.39, 0.29) is 0 Å². The van der Waals surface area contributed by atoms with Gasteiger partial charge in [0.2, 0.25) is 0 Å². The van der Waals surface area contributed by atoms with E-state index in [0.29, 0.717) is 5.92 Å². The molecule has 1 aromatic rings. The molecule has 1 unspecified atom stereocenters. The molecule has 1 heterocycles. The Labute approximate surface area is 91.3 Å². The van der Waals surface area contributed by atoms with Crippen molar-refractivity contribution in [3.63, 3.8) is 0 Å². The summed E-state index contributed by atoms with van der Waals surface area (Å²) in [5.41, 5.74) is 1.26. The molecule has 78 valence electrons. The third kappa shape index (κ3) is 3.02. The van der Waals surface area contributed by atoms with Gasteiger partial charge in [0.05, 0.1) is 0 Å². The molecule has 0 aliphatic carbocycles. The van der Waals surface area contributed by atoms with Crippen LogP contribution in [0.1, 0.15) is 44.7 Å². The lowest BCUT2D eigenvalue weighted by molar-refractivity contribution is 0.580. The Kier molecular flexibility index (Phi) is 5.02. The van der Waals surface area contributed by atoms with Crippen molar-refractivity contribution in [3.05, 3.63) is 24.0 Å². The van der Waals surface area contributed by atoms with Gasteiger partial charge in [0.1, 0.15) is 0 Å². The van der Waals surface area contributed by atoms with Gasteiger partial charge in [0, 0.05) is 22.7 Å². The van der Waals surface area contributed by atoms with Crippen molar-refractivity contribution in [2.75, 3.05) is 6.26 Å². The van der Waals surface area contributed by atoms with Gasteiger partial charge in [-0.25, -0.2) is 0 Å². The zero-order valence-corrected chi connectivity index (χ0v) is 10.1. The Morgan fingerprint density at radius 2 is 2.14 bits per heavy atom. The highest BCUT2D eigenvalue weighted by Gasteiger charge is 2.08. The topological polar surface area (TPSA) is 12.9 Å². The third-order valence-electron chi connectivity index (χ3n) is 2.54. The highest BCUT2D eigenvalue weighted by Crippen LogP contribution is 2.24. The molecule has 0 bridgehead atoms. The van der Waals surface area contributed by atoms with E-state index in [2.05, 4.69) is 37.2 Å². The third-order valence-corrected chi connectivity index (χ3v) is 3.26. The van der Waals surface area contributed by atoms with Crippen molar-refractivity contribution in [3.8, 4) is 0 Å². The van der Waals surface area contributed by atoms with Crippen molar-refractivity contribution < 1.29 is 0 Å². The molecule has 0 amide bonds. The van der Waals surface area contributed by atoms with E-state index >= 15 is 0 Å². The maximum atomic E-state index is 4.52. The first-order valence-corrected chi connectivity index (χ1v) is 6.54. The van der Waals surface area contributed by atoms with Crippen molar-refractivity contribution in [2.45, 2.75) is 43.9 Å². The average molecular weight is 209 g/mol. The summed E-state index contributed by atoms with van der Waals surface area (Å²) in [6.07, 6.45) is 7.75. The van der Waals surface area contributed by atoms with Gasteiger partial charge in [-0.3, -0.25) is 4.98 Å². The zero-order chi connectivity index (χ0) is 10.4. The fourth-order valence-corrected chi connectivity index (χ4v) is 2.03. The number of thioether (sulfide) groups is 1. The second-order valence-electron chi connectivity index (χ2n) is 3.52. The van der Waals surface area contributed by atoms with E-state index in [9.17, 15) is 0 Å². The lowest BCUT2D eigenvalue weighted by Gasteiger charge is -2.12. The quantitative estimate of drug-likeness (QED) is 0.677. The molecule has 1 rings (SSSR count). The summed E-state index contributed by atoms with van der Waals surface area (Å²) >= 11 is 1.75. The molecule has 0 spiro atoms. The Bertz CT molecular complexity index is 256. The maximum Gasteiger partial charge on any atom is 0.0435 e. The van der Waals surface area contributed by atoms with E-state index in [4.69, 9.17) is 0 Å². The van der Waals surface area contributed by atoms with Crippen molar-refractivity contribution in [1.29, 1.82) is 0 Å². The van der Waals surface area contributed by atoms with Gasteiger partial charge in [-0.2, -0.15) is 0 Å². The number of aromatic nitrogens is 1. The van der Waals surface area contributed by atoms with E-state index in [1.807, 2.05) is 6.20 Å². The van der Waals surface area contributed by atoms with Crippen LogP contribution >= 0.6 is 11.8 Å². The first-order chi connectivity index (χ1) is 6.81. The molecule has 0 saturated heterocycles. The average Bonchev–Trinajstić information content (AvgIpc) is 2.26. The molecule has 14 heavy (non-hydrogen) atoms. The molecule has 1 atom stereocenters. The summed E-state index contributed by atoms with van der Waals surface area (Å²) in [6, 6.07) is 4.35. The van der Waals surface area contributed by atoms with Crippen LogP contribution in [0.2, 0.25) is 0 Å². The van der Waals surface area contributed by atoms with Crippen LogP contribution in [0, 0.1) is 0 Å². The Hall–Kier alpha value is -0.500. The minimum absolute atomic E-state index is 0.649. The molecule has 2 heteroatoms. The first kappa shape index (κ1) is 11.6. The minimum Gasteiger partial charge on any atom is -0.260 e. The number of pyridine rings is 1. The monoisotopic (exact) mass is 209 g/mol. The predicted octanol–water partition coefficient (Wildman–Crippen LogP) is 4.10. The second-order valence-corrected chi connectivity index (χ2v) is 4.40. The van der Waals surface area contributed by atoms with Crippen LogP contribution in [-0.4, -0.2) is 11.2 Å². The second kappa shape index (κ2) is 6.07. The van der Waals surface area contributed by atoms with Crippen LogP contribution in [-0.2, 0) is 0 Å². The highest BCUT2D eigenvalue weighted by molar-refractivity contribution is 7.98. The Morgan fingerprint density at radius 1 is 1.36 bits per heavy atom. The van der Waals surface area contributed by atoms with Gasteiger partial charge in [0.15, 0.2) is 0 Å². The number of rotatable bonds is 5. The summed E-state index contributed by atoms with van der Waals surface area (Å²) < 4.78 is 0. The van der Waals surface area contributed by atoms with Crippen LogP contribution in [0.25, 0.3) is 0 Å². The van der Waals surface area contributed by atoms with Gasteiger partial charge in [0.25, 0.3) is 0 Å². The van der Waals surface area contributed by atoms with E-state index < -0.39 is 0 Å². The molecule has 0 aliphatic heterocycles. The standard InChI is InChI=1S/C12H19NS/c1-4-6-10(5-2)12-8-7-11(14-3)9-13-12/h7-10H,4-6H2,1-3H3. The maximum absolute atomic E-state index is 4.52. The van der Waals surface area contributed by atoms with Gasteiger partial charge in [-0.1, -0.05) is 20.3 Å². The molecule has 0 N–H and O–H groups in total. The van der Waals surface area contributed by atoms with Gasteiger partial charge < -0.3 is 0 Å². The predicted molar refractivity (Wildman–Crippen MR) is 64.0 cm³/mol. The first-order valence-electron chi connectivity index (χ1n) is 5.31. The molecule has 0 saturated carbocycles. The molecule has 0 fully saturated rings. The number of hydrogen-bond donors (Lipinski definition) is 0. The van der Waals surface area contributed by atoms with Gasteiger partial charge in [-0.05, 0) is 31.2 Å². The summed E-state index contributed by atoms with van der Waals surface area (Å²) in [5, 5.41) is 0. The summed E-state index contributed by atoms with van der Waals surface area (Å²) in [7, 11) is 0. The van der Waals surface area contributed by atoms with Gasteiger partial charge in [-0.15, -0.1) is 11.8 Å². The van der Waals surface area contributed by atoms with E-state index in [1.165, 1.54) is 29.9 Å². The van der Waals surface area contributed by atoms with Crippen LogP contribution in [0.5, 0.6) is 0 Å². The van der Waals surface area contributed by atoms with Crippen molar-refractivity contribution >= 4 is 11.8 Å². The van der Waals surface area contributed by atoms with E-state index in [1.54, 1.807) is 11.8 Å². The van der Waals surface area contributed by atoms with Crippen LogP contribution < -0.4 is 0 Å². The lowest BCUT2D eigenvalue weighted by atomic mass is 9.96.